The number of hydrogen-bond acceptors (Lipinski definition) is 6. The molecule has 2 atom stereocenters. The standard InChI is InChI=1S/C25H23FN4O3/c26-17-2-4-18(5-3-17)29-21-7-6-19(11-16(21)14-27)30-24(31)13-20(28)25(30)15-1-8-22-23(12-15)33-10-9-32-22/h1-8,11-12,14,20,25,27,29H,9-10,13,28H2/t20-,25?/m0/s1. The number of hydrogen-bond donors (Lipinski definition) is 3. The Morgan fingerprint density at radius 3 is 2.55 bits per heavy atom. The highest BCUT2D eigenvalue weighted by atomic mass is 19.1. The summed E-state index contributed by atoms with van der Waals surface area (Å²) in [7, 11) is 0. The zero-order chi connectivity index (χ0) is 22.9. The number of nitrogens with zero attached hydrogens (tertiary/aromatic N) is 1. The molecule has 0 bridgehead atoms. The van der Waals surface area contributed by atoms with Crippen LogP contribution in [0.5, 0.6) is 11.5 Å². The van der Waals surface area contributed by atoms with Crippen molar-refractivity contribution < 1.29 is 18.7 Å². The fourth-order valence-electron chi connectivity index (χ4n) is 4.32. The molecule has 2 aliphatic rings. The lowest BCUT2D eigenvalue weighted by Gasteiger charge is -2.29. The monoisotopic (exact) mass is 446 g/mol. The Morgan fingerprint density at radius 2 is 1.79 bits per heavy atom. The third-order valence-corrected chi connectivity index (χ3v) is 5.86. The van der Waals surface area contributed by atoms with E-state index < -0.39 is 0 Å². The molecule has 2 aliphatic heterocycles. The summed E-state index contributed by atoms with van der Waals surface area (Å²) in [6.07, 6.45) is 1.43. The Bertz CT molecular complexity index is 1210. The molecular weight excluding hydrogens is 423 g/mol. The minimum absolute atomic E-state index is 0.0856. The lowest BCUT2D eigenvalue weighted by molar-refractivity contribution is -0.117. The summed E-state index contributed by atoms with van der Waals surface area (Å²) in [5.74, 6) is 0.913. The van der Waals surface area contributed by atoms with Gasteiger partial charge in [-0.05, 0) is 60.2 Å². The first-order chi connectivity index (χ1) is 16.0. The molecule has 0 saturated carbocycles. The number of fused-ring (bicyclic) bond motifs is 1. The van der Waals surface area contributed by atoms with Crippen molar-refractivity contribution in [3.05, 3.63) is 77.6 Å². The molecule has 1 amide bonds. The van der Waals surface area contributed by atoms with Gasteiger partial charge < -0.3 is 30.8 Å². The Hall–Kier alpha value is -3.91. The molecule has 0 spiro atoms. The first-order valence-corrected chi connectivity index (χ1v) is 10.7. The predicted molar refractivity (Wildman–Crippen MR) is 124 cm³/mol. The number of halogens is 1. The van der Waals surface area contributed by atoms with Gasteiger partial charge in [0.1, 0.15) is 19.0 Å². The summed E-state index contributed by atoms with van der Waals surface area (Å²) in [5.41, 5.74) is 9.87. The Balaban J connectivity index is 1.48. The van der Waals surface area contributed by atoms with Crippen molar-refractivity contribution in [2.75, 3.05) is 23.4 Å². The van der Waals surface area contributed by atoms with Crippen LogP contribution in [0.15, 0.2) is 60.7 Å². The molecule has 1 unspecified atom stereocenters. The molecule has 3 aromatic rings. The van der Waals surface area contributed by atoms with E-state index in [9.17, 15) is 9.18 Å². The van der Waals surface area contributed by atoms with Gasteiger partial charge in [0.05, 0.1) is 6.04 Å². The van der Waals surface area contributed by atoms with Crippen LogP contribution >= 0.6 is 0 Å². The van der Waals surface area contributed by atoms with Crippen LogP contribution in [0.2, 0.25) is 0 Å². The highest BCUT2D eigenvalue weighted by molar-refractivity contribution is 5.99. The van der Waals surface area contributed by atoms with E-state index in [1.165, 1.54) is 18.3 Å². The number of benzene rings is 3. The molecule has 3 aromatic carbocycles. The van der Waals surface area contributed by atoms with Crippen LogP contribution in [0.3, 0.4) is 0 Å². The fraction of sp³-hybridized carbons (Fsp3) is 0.200. The summed E-state index contributed by atoms with van der Waals surface area (Å²) in [6.45, 7) is 0.978. The number of ether oxygens (including phenoxy) is 2. The van der Waals surface area contributed by atoms with Crippen molar-refractivity contribution in [3.8, 4) is 11.5 Å². The molecule has 8 heteroatoms. The van der Waals surface area contributed by atoms with E-state index >= 15 is 0 Å². The third-order valence-electron chi connectivity index (χ3n) is 5.86. The quantitative estimate of drug-likeness (QED) is 0.512. The summed E-state index contributed by atoms with van der Waals surface area (Å²) >= 11 is 0. The number of anilines is 3. The minimum Gasteiger partial charge on any atom is -0.486 e. The van der Waals surface area contributed by atoms with Gasteiger partial charge in [-0.15, -0.1) is 0 Å². The van der Waals surface area contributed by atoms with Crippen LogP contribution in [-0.4, -0.2) is 31.4 Å². The highest BCUT2D eigenvalue weighted by Crippen LogP contribution is 2.41. The third kappa shape index (κ3) is 4.01. The van der Waals surface area contributed by atoms with E-state index in [0.717, 1.165) is 5.56 Å². The molecule has 168 valence electrons. The molecule has 1 saturated heterocycles. The number of carbonyl (C=O) groups is 1. The van der Waals surface area contributed by atoms with Gasteiger partial charge >= 0.3 is 0 Å². The summed E-state index contributed by atoms with van der Waals surface area (Å²) in [5, 5.41) is 11.1. The van der Waals surface area contributed by atoms with Crippen LogP contribution in [-0.2, 0) is 4.79 Å². The molecule has 1 fully saturated rings. The molecule has 2 heterocycles. The molecule has 5 rings (SSSR count). The van der Waals surface area contributed by atoms with Gasteiger partial charge in [-0.2, -0.15) is 0 Å². The van der Waals surface area contributed by atoms with E-state index in [1.807, 2.05) is 24.3 Å². The Labute approximate surface area is 190 Å². The molecule has 0 radical (unpaired) electrons. The van der Waals surface area contributed by atoms with Crippen molar-refractivity contribution in [1.82, 2.24) is 0 Å². The van der Waals surface area contributed by atoms with Crippen molar-refractivity contribution in [1.29, 1.82) is 5.41 Å². The topological polar surface area (TPSA) is 101 Å². The normalized spacial score (nSPS) is 19.5. The molecular formula is C25H23FN4O3. The number of carbonyl (C=O) groups excluding carboxylic acids is 1. The predicted octanol–water partition coefficient (Wildman–Crippen LogP) is 4.14. The van der Waals surface area contributed by atoms with Crippen molar-refractivity contribution >= 4 is 29.2 Å². The van der Waals surface area contributed by atoms with Gasteiger partial charge in [-0.3, -0.25) is 4.79 Å². The van der Waals surface area contributed by atoms with E-state index in [1.54, 1.807) is 29.2 Å². The molecule has 0 aromatic heterocycles. The number of rotatable bonds is 5. The lowest BCUT2D eigenvalue weighted by Crippen LogP contribution is -2.33. The number of amides is 1. The maximum Gasteiger partial charge on any atom is 0.229 e. The van der Waals surface area contributed by atoms with Crippen LogP contribution in [0.4, 0.5) is 21.5 Å². The first-order valence-electron chi connectivity index (χ1n) is 10.7. The van der Waals surface area contributed by atoms with Gasteiger partial charge in [0.25, 0.3) is 0 Å². The SMILES string of the molecule is N=Cc1cc(N2C(=O)C[C@H](N)C2c2ccc3c(c2)OCCO3)ccc1Nc1ccc(F)cc1. The summed E-state index contributed by atoms with van der Waals surface area (Å²) in [6, 6.07) is 16.2. The van der Waals surface area contributed by atoms with Gasteiger partial charge in [0.15, 0.2) is 11.5 Å². The van der Waals surface area contributed by atoms with Gasteiger partial charge in [0.2, 0.25) is 5.91 Å². The second kappa shape index (κ2) is 8.55. The van der Waals surface area contributed by atoms with Crippen LogP contribution in [0, 0.1) is 11.2 Å². The highest BCUT2D eigenvalue weighted by Gasteiger charge is 2.40. The van der Waals surface area contributed by atoms with Crippen molar-refractivity contribution in [2.45, 2.75) is 18.5 Å². The Kier molecular flexibility index (Phi) is 5.43. The van der Waals surface area contributed by atoms with Gasteiger partial charge in [0, 0.05) is 41.3 Å². The maximum absolute atomic E-state index is 13.2. The number of nitrogens with one attached hydrogen (secondary N) is 2. The maximum atomic E-state index is 13.2. The fourth-order valence-corrected chi connectivity index (χ4v) is 4.32. The van der Waals surface area contributed by atoms with Gasteiger partial charge in [-0.25, -0.2) is 4.39 Å². The second-order valence-corrected chi connectivity index (χ2v) is 8.03. The van der Waals surface area contributed by atoms with E-state index in [2.05, 4.69) is 5.32 Å². The zero-order valence-electron chi connectivity index (χ0n) is 17.8. The van der Waals surface area contributed by atoms with Crippen LogP contribution < -0.4 is 25.4 Å². The second-order valence-electron chi connectivity index (χ2n) is 8.03. The summed E-state index contributed by atoms with van der Waals surface area (Å²) < 4.78 is 24.5. The summed E-state index contributed by atoms with van der Waals surface area (Å²) in [4.78, 5) is 14.6. The molecule has 0 aliphatic carbocycles. The van der Waals surface area contributed by atoms with Crippen molar-refractivity contribution in [3.63, 3.8) is 0 Å². The first kappa shape index (κ1) is 21.0. The Morgan fingerprint density at radius 1 is 1.03 bits per heavy atom. The van der Waals surface area contributed by atoms with E-state index in [0.29, 0.717) is 47.3 Å². The minimum atomic E-state index is -0.388. The average molecular weight is 446 g/mol. The molecule has 4 N–H and O–H groups in total. The van der Waals surface area contributed by atoms with Crippen LogP contribution in [0.1, 0.15) is 23.6 Å². The van der Waals surface area contributed by atoms with Crippen LogP contribution in [0.25, 0.3) is 0 Å². The zero-order valence-corrected chi connectivity index (χ0v) is 17.8. The van der Waals surface area contributed by atoms with Crippen molar-refractivity contribution in [2.24, 2.45) is 5.73 Å². The molecule has 33 heavy (non-hydrogen) atoms. The smallest absolute Gasteiger partial charge is 0.229 e. The average Bonchev–Trinajstić information content (AvgIpc) is 3.14. The molecule has 7 nitrogen and oxygen atoms in total. The lowest BCUT2D eigenvalue weighted by atomic mass is 9.99. The number of nitrogens with two attached hydrogens (primary N) is 1. The van der Waals surface area contributed by atoms with E-state index in [-0.39, 0.29) is 30.2 Å². The largest absolute Gasteiger partial charge is 0.486 e. The van der Waals surface area contributed by atoms with E-state index in [4.69, 9.17) is 20.6 Å². The van der Waals surface area contributed by atoms with Gasteiger partial charge in [-0.1, -0.05) is 6.07 Å².